The first-order valence-corrected chi connectivity index (χ1v) is 12.8. The standard InChI is InChI=1S/C21H21Cl2N3O4S2/c1-29-15-10-14(11-16(12-15)30-2)18-13-31-21(24-18)25-6-8-26(9-7-25)32(27,28)19-5-3-4-17(22)20(19)23/h3-5,10-13H,6-9H2,1-2H3. The lowest BCUT2D eigenvalue weighted by atomic mass is 10.1. The molecular formula is C21H21Cl2N3O4S2. The van der Waals surface area contributed by atoms with Crippen LogP contribution in [-0.4, -0.2) is 58.1 Å². The fraction of sp³-hybridized carbons (Fsp3) is 0.286. The van der Waals surface area contributed by atoms with Crippen LogP contribution in [0.25, 0.3) is 11.3 Å². The molecular weight excluding hydrogens is 493 g/mol. The summed E-state index contributed by atoms with van der Waals surface area (Å²) in [6.45, 7) is 1.69. The summed E-state index contributed by atoms with van der Waals surface area (Å²) in [5, 5.41) is 3.07. The van der Waals surface area contributed by atoms with Crippen LogP contribution in [0.3, 0.4) is 0 Å². The van der Waals surface area contributed by atoms with Gasteiger partial charge in [-0.25, -0.2) is 13.4 Å². The van der Waals surface area contributed by atoms with E-state index < -0.39 is 10.0 Å². The van der Waals surface area contributed by atoms with E-state index in [4.69, 9.17) is 37.7 Å². The monoisotopic (exact) mass is 513 g/mol. The van der Waals surface area contributed by atoms with E-state index >= 15 is 0 Å². The van der Waals surface area contributed by atoms with Gasteiger partial charge in [-0.15, -0.1) is 11.3 Å². The molecule has 0 amide bonds. The topological polar surface area (TPSA) is 72.0 Å². The predicted octanol–water partition coefficient (Wildman–Crippen LogP) is 4.65. The van der Waals surface area contributed by atoms with Gasteiger partial charge in [-0.05, 0) is 24.3 Å². The minimum absolute atomic E-state index is 0.0311. The van der Waals surface area contributed by atoms with Crippen LogP contribution < -0.4 is 14.4 Å². The molecule has 0 aliphatic carbocycles. The molecule has 2 heterocycles. The number of hydrogen-bond donors (Lipinski definition) is 0. The van der Waals surface area contributed by atoms with Crippen molar-refractivity contribution in [2.45, 2.75) is 4.90 Å². The van der Waals surface area contributed by atoms with Gasteiger partial charge in [-0.1, -0.05) is 29.3 Å². The van der Waals surface area contributed by atoms with Gasteiger partial charge in [0.05, 0.1) is 30.0 Å². The molecule has 11 heteroatoms. The molecule has 4 rings (SSSR count). The Morgan fingerprint density at radius 1 is 1.00 bits per heavy atom. The van der Waals surface area contributed by atoms with E-state index in [1.165, 1.54) is 21.7 Å². The number of aromatic nitrogens is 1. The molecule has 1 aliphatic heterocycles. The molecule has 0 atom stereocenters. The molecule has 0 spiro atoms. The van der Waals surface area contributed by atoms with Crippen molar-refractivity contribution in [1.29, 1.82) is 0 Å². The van der Waals surface area contributed by atoms with Crippen LogP contribution in [0, 0.1) is 0 Å². The fourth-order valence-electron chi connectivity index (χ4n) is 3.44. The van der Waals surface area contributed by atoms with Crippen molar-refractivity contribution < 1.29 is 17.9 Å². The van der Waals surface area contributed by atoms with Crippen LogP contribution in [0.1, 0.15) is 0 Å². The van der Waals surface area contributed by atoms with Crippen molar-refractivity contribution in [1.82, 2.24) is 9.29 Å². The Balaban J connectivity index is 1.49. The van der Waals surface area contributed by atoms with Crippen molar-refractivity contribution in [2.75, 3.05) is 45.3 Å². The lowest BCUT2D eigenvalue weighted by Gasteiger charge is -2.34. The van der Waals surface area contributed by atoms with Crippen molar-refractivity contribution in [2.24, 2.45) is 0 Å². The average molecular weight is 514 g/mol. The summed E-state index contributed by atoms with van der Waals surface area (Å²) in [6.07, 6.45) is 0. The van der Waals surface area contributed by atoms with Gasteiger partial charge in [0, 0.05) is 43.2 Å². The Kier molecular flexibility index (Phi) is 6.83. The number of rotatable bonds is 6. The number of piperazine rings is 1. The second-order valence-electron chi connectivity index (χ2n) is 7.06. The predicted molar refractivity (Wildman–Crippen MR) is 128 cm³/mol. The highest BCUT2D eigenvalue weighted by Crippen LogP contribution is 2.34. The third-order valence-corrected chi connectivity index (χ3v) is 8.96. The number of thiazole rings is 1. The van der Waals surface area contributed by atoms with E-state index in [0.717, 1.165) is 16.4 Å². The number of hydrogen-bond acceptors (Lipinski definition) is 7. The highest BCUT2D eigenvalue weighted by Gasteiger charge is 2.31. The number of anilines is 1. The number of nitrogens with zero attached hydrogens (tertiary/aromatic N) is 3. The zero-order chi connectivity index (χ0) is 22.9. The Hall–Kier alpha value is -2.04. The molecule has 170 valence electrons. The molecule has 7 nitrogen and oxygen atoms in total. The molecule has 1 saturated heterocycles. The summed E-state index contributed by atoms with van der Waals surface area (Å²) in [5.74, 6) is 1.37. The molecule has 32 heavy (non-hydrogen) atoms. The van der Waals surface area contributed by atoms with Gasteiger partial charge < -0.3 is 14.4 Å². The smallest absolute Gasteiger partial charge is 0.244 e. The molecule has 0 unspecified atom stereocenters. The van der Waals surface area contributed by atoms with Crippen molar-refractivity contribution >= 4 is 49.7 Å². The van der Waals surface area contributed by atoms with E-state index in [2.05, 4.69) is 4.90 Å². The zero-order valence-electron chi connectivity index (χ0n) is 17.4. The SMILES string of the molecule is COc1cc(OC)cc(-c2csc(N3CCN(S(=O)(=O)c4cccc(Cl)c4Cl)CC3)n2)c1. The van der Waals surface area contributed by atoms with E-state index in [1.54, 1.807) is 26.4 Å². The molecule has 3 aromatic rings. The summed E-state index contributed by atoms with van der Waals surface area (Å²) >= 11 is 13.7. The van der Waals surface area contributed by atoms with Gasteiger partial charge in [0.25, 0.3) is 0 Å². The van der Waals surface area contributed by atoms with Crippen LogP contribution in [0.4, 0.5) is 5.13 Å². The van der Waals surface area contributed by atoms with Gasteiger partial charge in [-0.3, -0.25) is 0 Å². The number of sulfonamides is 1. The molecule has 1 aromatic heterocycles. The van der Waals surface area contributed by atoms with Crippen molar-refractivity contribution in [3.05, 3.63) is 51.8 Å². The lowest BCUT2D eigenvalue weighted by molar-refractivity contribution is 0.385. The maximum atomic E-state index is 13.0. The van der Waals surface area contributed by atoms with Gasteiger partial charge in [0.2, 0.25) is 10.0 Å². The van der Waals surface area contributed by atoms with Gasteiger partial charge >= 0.3 is 0 Å². The average Bonchev–Trinajstić information content (AvgIpc) is 3.31. The Bertz CT molecular complexity index is 1200. The molecule has 0 radical (unpaired) electrons. The largest absolute Gasteiger partial charge is 0.497 e. The summed E-state index contributed by atoms with van der Waals surface area (Å²) < 4.78 is 38.2. The molecule has 1 fully saturated rings. The minimum atomic E-state index is -3.73. The van der Waals surface area contributed by atoms with Crippen LogP contribution in [-0.2, 0) is 10.0 Å². The van der Waals surface area contributed by atoms with Crippen molar-refractivity contribution in [3.63, 3.8) is 0 Å². The van der Waals surface area contributed by atoms with Crippen LogP contribution in [0.15, 0.2) is 46.7 Å². The summed E-state index contributed by atoms with van der Waals surface area (Å²) in [5.41, 5.74) is 1.70. The highest BCUT2D eigenvalue weighted by atomic mass is 35.5. The lowest BCUT2D eigenvalue weighted by Crippen LogP contribution is -2.48. The van der Waals surface area contributed by atoms with E-state index in [0.29, 0.717) is 37.7 Å². The maximum Gasteiger partial charge on any atom is 0.244 e. The zero-order valence-corrected chi connectivity index (χ0v) is 20.6. The van der Waals surface area contributed by atoms with Crippen LogP contribution >= 0.6 is 34.5 Å². The Labute approximate surface area is 201 Å². The van der Waals surface area contributed by atoms with E-state index in [1.807, 2.05) is 23.6 Å². The Morgan fingerprint density at radius 3 is 2.28 bits per heavy atom. The van der Waals surface area contributed by atoms with E-state index in [9.17, 15) is 8.42 Å². The number of methoxy groups -OCH3 is 2. The maximum absolute atomic E-state index is 13.0. The van der Waals surface area contributed by atoms with Crippen LogP contribution in [0.5, 0.6) is 11.5 Å². The summed E-state index contributed by atoms with van der Waals surface area (Å²) in [7, 11) is -0.516. The minimum Gasteiger partial charge on any atom is -0.497 e. The Morgan fingerprint density at radius 2 is 1.66 bits per heavy atom. The van der Waals surface area contributed by atoms with Gasteiger partial charge in [-0.2, -0.15) is 4.31 Å². The second-order valence-corrected chi connectivity index (χ2v) is 10.6. The first-order valence-electron chi connectivity index (χ1n) is 9.71. The third kappa shape index (κ3) is 4.53. The first kappa shape index (κ1) is 23.1. The van der Waals surface area contributed by atoms with Crippen LogP contribution in [0.2, 0.25) is 10.0 Å². The van der Waals surface area contributed by atoms with Gasteiger partial charge in [0.15, 0.2) is 5.13 Å². The number of halogens is 2. The molecule has 2 aromatic carbocycles. The normalized spacial score (nSPS) is 15.1. The van der Waals surface area contributed by atoms with Crippen molar-refractivity contribution in [3.8, 4) is 22.8 Å². The molecule has 1 aliphatic rings. The second kappa shape index (κ2) is 9.44. The molecule has 0 N–H and O–H groups in total. The molecule has 0 bridgehead atoms. The summed E-state index contributed by atoms with van der Waals surface area (Å²) in [6, 6.07) is 10.2. The first-order chi connectivity index (χ1) is 15.3. The number of benzene rings is 2. The quantitative estimate of drug-likeness (QED) is 0.477. The highest BCUT2D eigenvalue weighted by molar-refractivity contribution is 7.89. The van der Waals surface area contributed by atoms with E-state index in [-0.39, 0.29) is 14.9 Å². The number of ether oxygens (including phenoxy) is 2. The van der Waals surface area contributed by atoms with Gasteiger partial charge in [0.1, 0.15) is 16.4 Å². The third-order valence-electron chi connectivity index (χ3n) is 5.18. The fourth-order valence-corrected chi connectivity index (χ4v) is 6.49. The molecule has 0 saturated carbocycles. The summed E-state index contributed by atoms with van der Waals surface area (Å²) in [4.78, 5) is 6.86.